The van der Waals surface area contributed by atoms with E-state index < -0.39 is 31.1 Å². The summed E-state index contributed by atoms with van der Waals surface area (Å²) in [6.07, 6.45) is 0. The molecular formula is C12H16FNO4S3. The molecule has 1 aliphatic rings. The molecule has 0 spiro atoms. The molecule has 1 unspecified atom stereocenters. The van der Waals surface area contributed by atoms with Gasteiger partial charge in [-0.15, -0.1) is 0 Å². The van der Waals surface area contributed by atoms with Crippen LogP contribution < -0.4 is 0 Å². The first-order valence-corrected chi connectivity index (χ1v) is 10.7. The molecule has 5 nitrogen and oxygen atoms in total. The van der Waals surface area contributed by atoms with Gasteiger partial charge in [-0.2, -0.15) is 16.1 Å². The molecule has 1 saturated heterocycles. The second-order valence-corrected chi connectivity index (χ2v) is 10.0. The summed E-state index contributed by atoms with van der Waals surface area (Å²) in [5.41, 5.74) is 0. The molecule has 21 heavy (non-hydrogen) atoms. The predicted molar refractivity (Wildman–Crippen MR) is 80.9 cm³/mol. The molecule has 1 aliphatic heterocycles. The van der Waals surface area contributed by atoms with Crippen molar-refractivity contribution in [3.8, 4) is 0 Å². The van der Waals surface area contributed by atoms with Crippen LogP contribution in [0.2, 0.25) is 0 Å². The Bertz CT molecular complexity index is 701. The summed E-state index contributed by atoms with van der Waals surface area (Å²) in [6.45, 7) is 1.63. The van der Waals surface area contributed by atoms with Crippen LogP contribution in [0.5, 0.6) is 0 Å². The highest BCUT2D eigenvalue weighted by Gasteiger charge is 2.40. The van der Waals surface area contributed by atoms with Gasteiger partial charge in [0.2, 0.25) is 10.0 Å². The van der Waals surface area contributed by atoms with Gasteiger partial charge in [0.1, 0.15) is 11.2 Å². The molecular weight excluding hydrogens is 337 g/mol. The molecule has 0 saturated carbocycles. The van der Waals surface area contributed by atoms with Gasteiger partial charge in [-0.05, 0) is 24.3 Å². The minimum Gasteiger partial charge on any atom is -0.227 e. The Morgan fingerprint density at radius 1 is 1.24 bits per heavy atom. The average Bonchev–Trinajstić information content (AvgIpc) is 2.47. The van der Waals surface area contributed by atoms with Crippen LogP contribution in [0.1, 0.15) is 6.92 Å². The molecule has 0 bridgehead atoms. The third-order valence-electron chi connectivity index (χ3n) is 3.27. The van der Waals surface area contributed by atoms with Gasteiger partial charge < -0.3 is 0 Å². The van der Waals surface area contributed by atoms with Crippen LogP contribution in [0.25, 0.3) is 0 Å². The molecule has 1 atom stereocenters. The molecule has 1 aromatic rings. The number of rotatable bonds is 4. The SMILES string of the molecule is CCS(=O)(=O)C1CSCCN1S(=O)(=O)c1ccc(F)cc1. The smallest absolute Gasteiger partial charge is 0.227 e. The van der Waals surface area contributed by atoms with E-state index in [1.807, 2.05) is 0 Å². The third-order valence-corrected chi connectivity index (χ3v) is 8.62. The number of hydrogen-bond acceptors (Lipinski definition) is 5. The molecule has 9 heteroatoms. The first kappa shape index (κ1) is 16.7. The van der Waals surface area contributed by atoms with Crippen molar-refractivity contribution < 1.29 is 21.2 Å². The minimum absolute atomic E-state index is 0.0906. The lowest BCUT2D eigenvalue weighted by molar-refractivity contribution is 0.404. The Morgan fingerprint density at radius 2 is 1.86 bits per heavy atom. The summed E-state index contributed by atoms with van der Waals surface area (Å²) < 4.78 is 63.4. The maximum Gasteiger partial charge on any atom is 0.244 e. The fraction of sp³-hybridized carbons (Fsp3) is 0.500. The highest BCUT2D eigenvalue weighted by atomic mass is 32.2. The van der Waals surface area contributed by atoms with Gasteiger partial charge in [-0.3, -0.25) is 0 Å². The quantitative estimate of drug-likeness (QED) is 0.816. The lowest BCUT2D eigenvalue weighted by Gasteiger charge is -2.33. The molecule has 1 heterocycles. The Balaban J connectivity index is 2.43. The third kappa shape index (κ3) is 3.41. The molecule has 1 aromatic carbocycles. The van der Waals surface area contributed by atoms with Crippen LogP contribution in [0.15, 0.2) is 29.2 Å². The molecule has 2 rings (SSSR count). The summed E-state index contributed by atoms with van der Waals surface area (Å²) in [7, 11) is -7.46. The number of sulfone groups is 1. The van der Waals surface area contributed by atoms with Crippen LogP contribution in [0.4, 0.5) is 4.39 Å². The summed E-state index contributed by atoms with van der Waals surface area (Å²) in [5.74, 6) is 0.0985. The van der Waals surface area contributed by atoms with Gasteiger partial charge in [0.25, 0.3) is 0 Å². The van der Waals surface area contributed by atoms with E-state index in [0.29, 0.717) is 5.75 Å². The Kier molecular flexibility index (Phi) is 4.96. The van der Waals surface area contributed by atoms with E-state index in [0.717, 1.165) is 28.6 Å². The average molecular weight is 353 g/mol. The van der Waals surface area contributed by atoms with Gasteiger partial charge in [-0.1, -0.05) is 6.92 Å². The first-order valence-electron chi connectivity index (χ1n) is 6.36. The molecule has 0 N–H and O–H groups in total. The summed E-state index contributed by atoms with van der Waals surface area (Å²) >= 11 is 1.42. The van der Waals surface area contributed by atoms with E-state index in [1.165, 1.54) is 18.7 Å². The van der Waals surface area contributed by atoms with E-state index in [2.05, 4.69) is 0 Å². The molecule has 118 valence electrons. The zero-order chi connectivity index (χ0) is 15.7. The van der Waals surface area contributed by atoms with Crippen molar-refractivity contribution in [2.45, 2.75) is 17.2 Å². The second-order valence-electron chi connectivity index (χ2n) is 4.55. The van der Waals surface area contributed by atoms with Crippen molar-refractivity contribution in [2.75, 3.05) is 23.8 Å². The van der Waals surface area contributed by atoms with Crippen LogP contribution in [-0.4, -0.2) is 50.3 Å². The highest BCUT2D eigenvalue weighted by molar-refractivity contribution is 8.01. The fourth-order valence-corrected chi connectivity index (χ4v) is 7.31. The van der Waals surface area contributed by atoms with E-state index >= 15 is 0 Å². The van der Waals surface area contributed by atoms with Crippen LogP contribution in [0, 0.1) is 5.82 Å². The normalized spacial score (nSPS) is 21.3. The molecule has 0 amide bonds. The van der Waals surface area contributed by atoms with Gasteiger partial charge in [0.05, 0.1) is 4.90 Å². The lowest BCUT2D eigenvalue weighted by atomic mass is 10.4. The Labute approximate surface area is 128 Å². The standard InChI is InChI=1S/C12H16FNO4S3/c1-2-20(15,16)12-9-19-8-7-14(12)21(17,18)11-5-3-10(13)4-6-11/h3-6,12H,2,7-9H2,1H3. The van der Waals surface area contributed by atoms with Crippen molar-refractivity contribution in [3.05, 3.63) is 30.1 Å². The second kappa shape index (κ2) is 6.23. The molecule has 0 aromatic heterocycles. The van der Waals surface area contributed by atoms with E-state index in [-0.39, 0.29) is 22.9 Å². The van der Waals surface area contributed by atoms with Crippen LogP contribution in [-0.2, 0) is 19.9 Å². The summed E-state index contributed by atoms with van der Waals surface area (Å²) in [4.78, 5) is -0.0906. The van der Waals surface area contributed by atoms with Crippen molar-refractivity contribution >= 4 is 31.6 Å². The van der Waals surface area contributed by atoms with Gasteiger partial charge in [0.15, 0.2) is 9.84 Å². The van der Waals surface area contributed by atoms with Crippen molar-refractivity contribution in [1.29, 1.82) is 0 Å². The zero-order valence-corrected chi connectivity index (χ0v) is 13.8. The van der Waals surface area contributed by atoms with Crippen molar-refractivity contribution in [3.63, 3.8) is 0 Å². The van der Waals surface area contributed by atoms with E-state index in [1.54, 1.807) is 0 Å². The topological polar surface area (TPSA) is 71.5 Å². The van der Waals surface area contributed by atoms with Gasteiger partial charge in [0, 0.05) is 23.8 Å². The Hall–Kier alpha value is -0.640. The molecule has 0 radical (unpaired) electrons. The number of hydrogen-bond donors (Lipinski definition) is 0. The van der Waals surface area contributed by atoms with Crippen LogP contribution >= 0.6 is 11.8 Å². The van der Waals surface area contributed by atoms with E-state index in [4.69, 9.17) is 0 Å². The number of halogens is 1. The Morgan fingerprint density at radius 3 is 2.43 bits per heavy atom. The predicted octanol–water partition coefficient (Wildman–Crippen LogP) is 1.32. The van der Waals surface area contributed by atoms with Gasteiger partial charge >= 0.3 is 0 Å². The summed E-state index contributed by atoms with van der Waals surface area (Å²) in [6, 6.07) is 4.41. The van der Waals surface area contributed by atoms with Crippen molar-refractivity contribution in [1.82, 2.24) is 4.31 Å². The number of benzene rings is 1. The van der Waals surface area contributed by atoms with Gasteiger partial charge in [-0.25, -0.2) is 21.2 Å². The van der Waals surface area contributed by atoms with Crippen LogP contribution in [0.3, 0.4) is 0 Å². The maximum absolute atomic E-state index is 12.9. The monoisotopic (exact) mass is 353 g/mol. The molecule has 0 aliphatic carbocycles. The maximum atomic E-state index is 12.9. The van der Waals surface area contributed by atoms with E-state index in [9.17, 15) is 21.2 Å². The summed E-state index contributed by atoms with van der Waals surface area (Å²) in [5, 5.41) is -1.06. The first-order chi connectivity index (χ1) is 9.79. The van der Waals surface area contributed by atoms with Crippen molar-refractivity contribution in [2.24, 2.45) is 0 Å². The number of nitrogens with zero attached hydrogens (tertiary/aromatic N) is 1. The largest absolute Gasteiger partial charge is 0.244 e. The molecule has 1 fully saturated rings. The highest BCUT2D eigenvalue weighted by Crippen LogP contribution is 2.27. The minimum atomic E-state index is -3.95. The fourth-order valence-electron chi connectivity index (χ4n) is 2.06. The zero-order valence-electron chi connectivity index (χ0n) is 11.4. The number of thioether (sulfide) groups is 1. The lowest BCUT2D eigenvalue weighted by Crippen LogP contribution is -2.50. The number of sulfonamides is 1.